The van der Waals surface area contributed by atoms with Gasteiger partial charge in [-0.1, -0.05) is 42.1 Å². The second-order valence-electron chi connectivity index (χ2n) is 6.66. The highest BCUT2D eigenvalue weighted by Crippen LogP contribution is 2.18. The summed E-state index contributed by atoms with van der Waals surface area (Å²) < 4.78 is 0. The van der Waals surface area contributed by atoms with Gasteiger partial charge in [0.05, 0.1) is 5.92 Å². The van der Waals surface area contributed by atoms with Gasteiger partial charge in [-0.3, -0.25) is 14.5 Å². The molecule has 1 N–H and O–H groups in total. The minimum absolute atomic E-state index is 0.0305. The Bertz CT molecular complexity index is 608. The topological polar surface area (TPSA) is 69.7 Å². The van der Waals surface area contributed by atoms with Crippen LogP contribution in [0.25, 0.3) is 0 Å². The van der Waals surface area contributed by atoms with Gasteiger partial charge in [0, 0.05) is 25.8 Å². The lowest BCUT2D eigenvalue weighted by Gasteiger charge is -2.25. The second-order valence-corrected chi connectivity index (χ2v) is 7.86. The van der Waals surface area contributed by atoms with Crippen LogP contribution in [0.2, 0.25) is 0 Å². The van der Waals surface area contributed by atoms with E-state index in [4.69, 9.17) is 0 Å². The first-order valence-electron chi connectivity index (χ1n) is 9.26. The van der Waals surface area contributed by atoms with Crippen molar-refractivity contribution < 1.29 is 14.4 Å². The van der Waals surface area contributed by atoms with E-state index in [9.17, 15) is 14.4 Å². The average Bonchev–Trinajstić information content (AvgIpc) is 2.63. The van der Waals surface area contributed by atoms with E-state index in [1.807, 2.05) is 49.3 Å². The summed E-state index contributed by atoms with van der Waals surface area (Å²) in [7, 11) is 3.95. The molecule has 0 saturated carbocycles. The fourth-order valence-corrected chi connectivity index (χ4v) is 3.34. The lowest BCUT2D eigenvalue weighted by molar-refractivity contribution is -0.131. The molecular formula is C20H31N3O3S. The van der Waals surface area contributed by atoms with Crippen molar-refractivity contribution in [1.82, 2.24) is 15.1 Å². The van der Waals surface area contributed by atoms with Crippen LogP contribution in [-0.2, 0) is 16.0 Å². The van der Waals surface area contributed by atoms with E-state index in [0.29, 0.717) is 25.3 Å². The van der Waals surface area contributed by atoms with Crippen molar-refractivity contribution in [2.45, 2.75) is 26.7 Å². The van der Waals surface area contributed by atoms with Gasteiger partial charge in [-0.25, -0.2) is 4.79 Å². The van der Waals surface area contributed by atoms with E-state index in [0.717, 1.165) is 30.3 Å². The van der Waals surface area contributed by atoms with Crippen molar-refractivity contribution >= 4 is 28.8 Å². The number of nitrogens with zero attached hydrogens (tertiary/aromatic N) is 2. The van der Waals surface area contributed by atoms with E-state index in [2.05, 4.69) is 5.32 Å². The minimum Gasteiger partial charge on any atom is -0.338 e. The van der Waals surface area contributed by atoms with Crippen molar-refractivity contribution in [3.05, 3.63) is 35.9 Å². The average molecular weight is 394 g/mol. The molecule has 0 spiro atoms. The third-order valence-corrected chi connectivity index (χ3v) is 5.02. The fourth-order valence-electron chi connectivity index (χ4n) is 2.64. The SMILES string of the molecule is CCN(C(=O)NCCCN(C)C)C(=O)C(CSC(C)=O)Cc1ccccc1. The van der Waals surface area contributed by atoms with Crippen LogP contribution in [0.3, 0.4) is 0 Å². The van der Waals surface area contributed by atoms with Gasteiger partial charge in [0.1, 0.15) is 0 Å². The molecule has 0 aliphatic carbocycles. The van der Waals surface area contributed by atoms with E-state index < -0.39 is 5.92 Å². The molecule has 0 bridgehead atoms. The summed E-state index contributed by atoms with van der Waals surface area (Å²) >= 11 is 1.13. The number of hydrogen-bond donors (Lipinski definition) is 1. The number of imide groups is 1. The van der Waals surface area contributed by atoms with Crippen LogP contribution >= 0.6 is 11.8 Å². The molecule has 3 amide bonds. The molecule has 0 aliphatic heterocycles. The molecule has 0 saturated heterocycles. The van der Waals surface area contributed by atoms with Gasteiger partial charge in [0.2, 0.25) is 5.91 Å². The van der Waals surface area contributed by atoms with Gasteiger partial charge in [0.25, 0.3) is 0 Å². The summed E-state index contributed by atoms with van der Waals surface area (Å²) in [6.07, 6.45) is 1.32. The molecule has 0 heterocycles. The Morgan fingerprint density at radius 2 is 1.81 bits per heavy atom. The lowest BCUT2D eigenvalue weighted by Crippen LogP contribution is -2.47. The number of thioether (sulfide) groups is 1. The normalized spacial score (nSPS) is 11.9. The third-order valence-electron chi connectivity index (χ3n) is 4.05. The zero-order chi connectivity index (χ0) is 20.2. The Kier molecular flexibility index (Phi) is 10.7. The molecular weight excluding hydrogens is 362 g/mol. The van der Waals surface area contributed by atoms with Crippen LogP contribution in [-0.4, -0.2) is 66.3 Å². The van der Waals surface area contributed by atoms with E-state index in [-0.39, 0.29) is 17.1 Å². The summed E-state index contributed by atoms with van der Waals surface area (Å²) in [6.45, 7) is 4.96. The fraction of sp³-hybridized carbons (Fsp3) is 0.550. The van der Waals surface area contributed by atoms with Crippen molar-refractivity contribution in [3.8, 4) is 0 Å². The molecule has 0 aliphatic rings. The molecule has 0 radical (unpaired) electrons. The first kappa shape index (κ1) is 23.2. The van der Waals surface area contributed by atoms with Crippen molar-refractivity contribution in [3.63, 3.8) is 0 Å². The molecule has 1 aromatic rings. The highest BCUT2D eigenvalue weighted by atomic mass is 32.2. The minimum atomic E-state index is -0.422. The maximum Gasteiger partial charge on any atom is 0.324 e. The Morgan fingerprint density at radius 1 is 1.15 bits per heavy atom. The number of carbonyl (C=O) groups is 3. The third kappa shape index (κ3) is 9.06. The maximum absolute atomic E-state index is 13.0. The number of urea groups is 1. The van der Waals surface area contributed by atoms with Crippen molar-refractivity contribution in [2.24, 2.45) is 5.92 Å². The van der Waals surface area contributed by atoms with Crippen LogP contribution in [0.4, 0.5) is 4.79 Å². The smallest absolute Gasteiger partial charge is 0.324 e. The first-order valence-corrected chi connectivity index (χ1v) is 10.2. The number of benzene rings is 1. The summed E-state index contributed by atoms with van der Waals surface area (Å²) in [5.74, 6) is -0.290. The van der Waals surface area contributed by atoms with Crippen LogP contribution in [0.5, 0.6) is 0 Å². The maximum atomic E-state index is 13.0. The molecule has 1 atom stereocenters. The molecule has 1 rings (SSSR count). The lowest BCUT2D eigenvalue weighted by atomic mass is 9.99. The van der Waals surface area contributed by atoms with Gasteiger partial charge in [-0.2, -0.15) is 0 Å². The molecule has 7 heteroatoms. The summed E-state index contributed by atoms with van der Waals surface area (Å²) in [5.41, 5.74) is 1.02. The Hall–Kier alpha value is -1.86. The predicted octanol–water partition coefficient (Wildman–Crippen LogP) is 2.63. The molecule has 1 aromatic carbocycles. The number of hydrogen-bond acceptors (Lipinski definition) is 5. The van der Waals surface area contributed by atoms with Crippen LogP contribution in [0.15, 0.2) is 30.3 Å². The van der Waals surface area contributed by atoms with Crippen molar-refractivity contribution in [2.75, 3.05) is 39.5 Å². The number of nitrogens with one attached hydrogen (secondary N) is 1. The Morgan fingerprint density at radius 3 is 2.37 bits per heavy atom. The molecule has 0 fully saturated rings. The zero-order valence-electron chi connectivity index (χ0n) is 16.7. The first-order chi connectivity index (χ1) is 12.8. The van der Waals surface area contributed by atoms with Crippen LogP contribution < -0.4 is 5.32 Å². The van der Waals surface area contributed by atoms with Gasteiger partial charge < -0.3 is 10.2 Å². The standard InChI is InChI=1S/C20H31N3O3S/c1-5-23(20(26)21-12-9-13-22(3)4)19(25)18(15-27-16(2)24)14-17-10-7-6-8-11-17/h6-8,10-11,18H,5,9,12-15H2,1-4H3,(H,21,26). The highest BCUT2D eigenvalue weighted by molar-refractivity contribution is 8.13. The number of amides is 3. The molecule has 1 unspecified atom stereocenters. The largest absolute Gasteiger partial charge is 0.338 e. The van der Waals surface area contributed by atoms with Crippen LogP contribution in [0.1, 0.15) is 25.8 Å². The molecule has 0 aromatic heterocycles. The quantitative estimate of drug-likeness (QED) is 0.619. The monoisotopic (exact) mass is 393 g/mol. The second kappa shape index (κ2) is 12.5. The Labute approximate surface area is 166 Å². The Balaban J connectivity index is 2.76. The van der Waals surface area contributed by atoms with E-state index in [1.54, 1.807) is 6.92 Å². The molecule has 150 valence electrons. The van der Waals surface area contributed by atoms with Gasteiger partial charge in [0.15, 0.2) is 5.12 Å². The van der Waals surface area contributed by atoms with E-state index >= 15 is 0 Å². The van der Waals surface area contributed by atoms with Crippen molar-refractivity contribution in [1.29, 1.82) is 0 Å². The van der Waals surface area contributed by atoms with E-state index in [1.165, 1.54) is 11.8 Å². The number of carbonyl (C=O) groups excluding carboxylic acids is 3. The highest BCUT2D eigenvalue weighted by Gasteiger charge is 2.28. The van der Waals surface area contributed by atoms with Gasteiger partial charge >= 0.3 is 6.03 Å². The van der Waals surface area contributed by atoms with Gasteiger partial charge in [-0.15, -0.1) is 0 Å². The number of rotatable bonds is 10. The van der Waals surface area contributed by atoms with Crippen LogP contribution in [0, 0.1) is 5.92 Å². The summed E-state index contributed by atoms with van der Waals surface area (Å²) in [5, 5.41) is 2.79. The summed E-state index contributed by atoms with van der Waals surface area (Å²) in [4.78, 5) is 40.1. The predicted molar refractivity (Wildman–Crippen MR) is 111 cm³/mol. The molecule has 6 nitrogen and oxygen atoms in total. The van der Waals surface area contributed by atoms with Gasteiger partial charge in [-0.05, 0) is 46.0 Å². The molecule has 27 heavy (non-hydrogen) atoms. The summed E-state index contributed by atoms with van der Waals surface area (Å²) in [6, 6.07) is 9.30. The zero-order valence-corrected chi connectivity index (χ0v) is 17.6.